The molecule has 0 bridgehead atoms. The quantitative estimate of drug-likeness (QED) is 0.0237. The van der Waals surface area contributed by atoms with E-state index in [1.165, 1.54) is 81.0 Å². The van der Waals surface area contributed by atoms with Crippen molar-refractivity contribution in [2.24, 2.45) is 28.2 Å². The number of nitrogens with one attached hydrogen (secondary N) is 4. The van der Waals surface area contributed by atoms with Crippen molar-refractivity contribution in [3.8, 4) is 93.6 Å². The minimum absolute atomic E-state index is 0. The summed E-state index contributed by atoms with van der Waals surface area (Å²) in [4.78, 5) is 133. The van der Waals surface area contributed by atoms with Crippen LogP contribution in [0.2, 0.25) is 0 Å². The second-order valence-corrected chi connectivity index (χ2v) is 38.1. The number of carbonyl (C=O) groups excluding carboxylic acids is 6. The maximum atomic E-state index is 13.0. The molecule has 710 valence electrons. The zero-order valence-electron chi connectivity index (χ0n) is 77.2. The molecule has 1 aliphatic rings. The Morgan fingerprint density at radius 3 is 1.11 bits per heavy atom. The van der Waals surface area contributed by atoms with Gasteiger partial charge in [0.25, 0.3) is 23.6 Å². The van der Waals surface area contributed by atoms with E-state index in [0.29, 0.717) is 117 Å². The van der Waals surface area contributed by atoms with E-state index in [2.05, 4.69) is 102 Å². The van der Waals surface area contributed by atoms with E-state index in [1.807, 2.05) is 91.9 Å². The molecule has 0 radical (unpaired) electrons. The Kier molecular flexibility index (Phi) is 34.8. The molecule has 0 saturated heterocycles. The van der Waals surface area contributed by atoms with E-state index in [9.17, 15) is 47.7 Å². The van der Waals surface area contributed by atoms with E-state index in [4.69, 9.17) is 28.0 Å². The Morgan fingerprint density at radius 2 is 0.793 bits per heavy atom. The summed E-state index contributed by atoms with van der Waals surface area (Å²) in [6.45, 7) is 10.0. The Labute approximate surface area is 858 Å². The number of ether oxygens (including phenoxy) is 4. The summed E-state index contributed by atoms with van der Waals surface area (Å²) in [5, 5.41) is 53.9. The maximum absolute atomic E-state index is 13.0. The van der Waals surface area contributed by atoms with Crippen LogP contribution in [0.25, 0.3) is 87.8 Å². The van der Waals surface area contributed by atoms with Gasteiger partial charge in [-0.15, -0.1) is 45.3 Å². The van der Waals surface area contributed by atoms with E-state index < -0.39 is 51.1 Å². The summed E-state index contributed by atoms with van der Waals surface area (Å²) in [6, 6.07) is 29.4. The number of thiazole rings is 4. The summed E-state index contributed by atoms with van der Waals surface area (Å²) >= 11 is 5.05. The van der Waals surface area contributed by atoms with Crippen molar-refractivity contribution >= 4 is 119 Å². The molecule has 44 nitrogen and oxygen atoms in total. The van der Waals surface area contributed by atoms with Crippen molar-refractivity contribution in [3.63, 3.8) is 0 Å². The fourth-order valence-electron chi connectivity index (χ4n) is 12.9. The summed E-state index contributed by atoms with van der Waals surface area (Å²) in [5.74, 6) is -0.795. The van der Waals surface area contributed by atoms with Gasteiger partial charge < -0.3 is 63.6 Å². The largest absolute Gasteiger partial charge is 1.00 e. The summed E-state index contributed by atoms with van der Waals surface area (Å²) < 4.78 is 67.4. The first-order valence-corrected chi connectivity index (χ1v) is 48.9. The van der Waals surface area contributed by atoms with E-state index >= 15 is 0 Å². The fraction of sp³-hybridized carbons (Fsp3) is 0.227. The molecule has 1 fully saturated rings. The van der Waals surface area contributed by atoms with Crippen molar-refractivity contribution in [1.29, 1.82) is 0 Å². The number of pyridine rings is 4. The third kappa shape index (κ3) is 27.7. The van der Waals surface area contributed by atoms with Gasteiger partial charge in [0, 0.05) is 146 Å². The number of aryl methyl sites for hydroxylation is 4. The molecule has 1 aromatic carbocycles. The average molecular weight is 2030 g/mol. The van der Waals surface area contributed by atoms with Gasteiger partial charge in [0.15, 0.2) is 0 Å². The number of aromatic nitrogens is 24. The van der Waals surface area contributed by atoms with Gasteiger partial charge in [-0.25, -0.2) is 29.5 Å². The number of carbonyl (C=O) groups is 6. The summed E-state index contributed by atoms with van der Waals surface area (Å²) in [5.41, 5.74) is 9.87. The Hall–Kier alpha value is -13.1. The van der Waals surface area contributed by atoms with Gasteiger partial charge in [0.05, 0.1) is 110 Å². The molecule has 0 atom stereocenters. The van der Waals surface area contributed by atoms with Crippen LogP contribution in [0.1, 0.15) is 95.0 Å². The van der Waals surface area contributed by atoms with Gasteiger partial charge in [-0.2, -0.15) is 50.2 Å². The number of hydrogen-bond acceptors (Lipinski definition) is 36. The number of nitrogens with zero attached hydrogens (tertiary/aromatic N) is 24. The predicted octanol–water partition coefficient (Wildman–Crippen LogP) is 7.85. The summed E-state index contributed by atoms with van der Waals surface area (Å²) in [7, 11) is 0.639. The van der Waals surface area contributed by atoms with Gasteiger partial charge in [-0.3, -0.25) is 71.8 Å². The number of benzene rings is 1. The van der Waals surface area contributed by atoms with E-state index in [-0.39, 0.29) is 125 Å². The fourth-order valence-corrected chi connectivity index (χ4v) is 18.0. The van der Waals surface area contributed by atoms with Crippen molar-refractivity contribution in [2.75, 3.05) is 48.2 Å². The third-order valence-corrected chi connectivity index (χ3v) is 25.6. The normalized spacial score (nSPS) is 11.9. The Balaban J connectivity index is 0.000000158. The molecule has 18 rings (SSSR count). The number of rotatable bonds is 31. The van der Waals surface area contributed by atoms with Crippen LogP contribution in [0.4, 0.5) is 32.3 Å². The minimum atomic E-state index is -4.74. The number of methoxy groups -OCH3 is 1. The number of hydrogen-bond donors (Lipinski definition) is 4. The Bertz CT molecular complexity index is 7240. The molecule has 4 amide bonds. The van der Waals surface area contributed by atoms with Crippen LogP contribution in [-0.4, -0.2) is 192 Å². The smallest absolute Gasteiger partial charge is 0.809 e. The SMILES string of the molecule is CCOP(=O)(Cn1cc(-c2nc(C(=O)Nc3cn(C)nc3-c3ccccn3)cs2)cn1)OCC.COc1ccc(COCC(C)(C)OC(=O)n2cc(-c3nc(C(=O)Nc4cn(C)nc4-c4ccccn4)cs3)cn2)cc1.Cn1cc(NC(=O)c2csc(-c3cnn(C(=O)OC4(C)CC4)c3)n2)c(-c2ccccn2)n1.Cn1cc(NC(=O)c2csc(-c3cnn(CP(=O)([O-])[O-])c3)n2)c(-c2ccccn2)n1.[Na+].[Na+]. The molecule has 0 spiro atoms. The molecule has 16 aromatic heterocycles. The second kappa shape index (κ2) is 46.8. The van der Waals surface area contributed by atoms with Crippen molar-refractivity contribution in [2.45, 2.75) is 77.8 Å². The molecule has 4 N–H and O–H groups in total. The topological polar surface area (TPSA) is 532 Å². The predicted molar refractivity (Wildman–Crippen MR) is 507 cm³/mol. The zero-order chi connectivity index (χ0) is 97.4. The molecule has 0 aliphatic heterocycles. The summed E-state index contributed by atoms with van der Waals surface area (Å²) in [6.07, 6.45) is 25.4. The first-order chi connectivity index (χ1) is 66.3. The van der Waals surface area contributed by atoms with E-state index in [1.54, 1.807) is 184 Å². The van der Waals surface area contributed by atoms with Crippen molar-refractivity contribution < 1.29 is 135 Å². The van der Waals surface area contributed by atoms with Crippen LogP contribution >= 0.6 is 60.5 Å². The molecule has 1 saturated carbocycles. The minimum Gasteiger partial charge on any atom is -0.809 e. The van der Waals surface area contributed by atoms with Gasteiger partial charge >= 0.3 is 78.9 Å². The van der Waals surface area contributed by atoms with Gasteiger partial charge in [0.1, 0.15) is 88.8 Å². The monoisotopic (exact) mass is 2030 g/mol. The van der Waals surface area contributed by atoms with Crippen LogP contribution in [0.15, 0.2) is 218 Å². The van der Waals surface area contributed by atoms with Gasteiger partial charge in [-0.05, 0) is 121 Å². The van der Waals surface area contributed by atoms with Crippen LogP contribution in [0, 0.1) is 0 Å². The molecule has 16 heterocycles. The second-order valence-electron chi connectivity index (χ2n) is 31.1. The maximum Gasteiger partial charge on any atom is 1.00 e. The van der Waals surface area contributed by atoms with Crippen molar-refractivity contribution in [3.05, 3.63) is 246 Å². The van der Waals surface area contributed by atoms with Gasteiger partial charge in [0.2, 0.25) is 0 Å². The first-order valence-electron chi connectivity index (χ1n) is 41.9. The molecule has 140 heavy (non-hydrogen) atoms. The Morgan fingerprint density at radius 1 is 0.457 bits per heavy atom. The molecule has 1 aliphatic carbocycles. The standard InChI is InChI=1S/C29H29N7O5S.C21H24N7O4PS.C21H19N7O3S.C17H16N7O4PS.2Na/c1-29(2,18-40-16-19-8-10-21(39-4)11-9-19)41-28(38)36-14-20(13-31-36)27-33-24(17-42-27)26(37)32-23-15-35(3)34-25(23)22-7-5-6-12-30-22;1-4-31-33(30,32-5-2)14-28-11-15(10-23-28)21-25-18(13-34-21)20(29)24-17-12-27(3)26-19(17)16-8-6-7-9-22-16;1-21(6-7-21)31-20(30)28-10-13(9-23-28)19-25-16(12-32-19)18(29)24-15-11-27(2)26-17(15)14-5-3-4-8-22-14;1-23-8-13(15(22-23)12-4-2-3-5-18-12)20-16(25)14-9-30-17(21-14)11-6-19-24(7-11)10-29(26,27)28;;/h5-15,17H,16,18H2,1-4H3,(H,32,37);6-13H,4-5,14H2,1-3H3,(H,24,29);3-5,8-12H,6-7H2,1-2H3,(H,24,29);2-9H,10H2,1H3,(H,20,25)(H2,26,27,28);;/q;;;;2*+1/p-2. The van der Waals surface area contributed by atoms with Crippen LogP contribution in [0.5, 0.6) is 5.75 Å². The molecule has 17 aromatic rings. The molecular formula is C88H86N28Na2O16P2S4. The van der Waals surface area contributed by atoms with Gasteiger partial charge in [-0.1, -0.05) is 36.4 Å². The number of amides is 4. The molecular weight excluding hydrogens is 1940 g/mol. The molecule has 52 heteroatoms. The van der Waals surface area contributed by atoms with E-state index in [0.717, 1.165) is 38.2 Å². The molecule has 0 unspecified atom stereocenters. The van der Waals surface area contributed by atoms with Crippen LogP contribution < -0.4 is 94.9 Å². The average Bonchev–Trinajstić information content (AvgIpc) is 1.66. The third-order valence-electron chi connectivity index (χ3n) is 19.5. The van der Waals surface area contributed by atoms with Crippen molar-refractivity contribution in [1.82, 2.24) is 118 Å². The number of anilines is 4. The van der Waals surface area contributed by atoms with Crippen LogP contribution in [0.3, 0.4) is 0 Å². The van der Waals surface area contributed by atoms with Crippen LogP contribution in [-0.2, 0) is 79.8 Å². The zero-order valence-corrected chi connectivity index (χ0v) is 86.3. The first kappa shape index (κ1) is 104.